The average molecular weight is 949 g/mol. The van der Waals surface area contributed by atoms with Crippen LogP contribution < -0.4 is 28.9 Å². The van der Waals surface area contributed by atoms with Crippen LogP contribution in [-0.2, 0) is 40.8 Å². The van der Waals surface area contributed by atoms with Crippen LogP contribution in [0.15, 0.2) is 133 Å². The molecule has 4 aliphatic rings. The van der Waals surface area contributed by atoms with Crippen molar-refractivity contribution in [1.82, 2.24) is 0 Å². The number of esters is 1. The van der Waals surface area contributed by atoms with Gasteiger partial charge in [0.1, 0.15) is 23.9 Å². The lowest BCUT2D eigenvalue weighted by molar-refractivity contribution is -0.196. The molecular formula is C61H60N2O8. The van der Waals surface area contributed by atoms with Crippen molar-refractivity contribution in [3.05, 3.63) is 189 Å². The number of carbonyl (C=O) groups excluding carboxylic acids is 3. The Morgan fingerprint density at radius 1 is 0.577 bits per heavy atom. The van der Waals surface area contributed by atoms with Crippen molar-refractivity contribution < 1.29 is 38.4 Å². The van der Waals surface area contributed by atoms with Gasteiger partial charge in [0.25, 0.3) is 11.8 Å². The van der Waals surface area contributed by atoms with E-state index in [1.807, 2.05) is 125 Å². The summed E-state index contributed by atoms with van der Waals surface area (Å²) in [5, 5.41) is 0. The lowest BCUT2D eigenvalue weighted by Crippen LogP contribution is -2.28. The second-order valence-electron chi connectivity index (χ2n) is 18.8. The number of benzene rings is 6. The number of fused-ring (bicyclic) bond motifs is 6. The van der Waals surface area contributed by atoms with Gasteiger partial charge in [0.2, 0.25) is 0 Å². The summed E-state index contributed by atoms with van der Waals surface area (Å²) in [5.74, 6) is 2.27. The van der Waals surface area contributed by atoms with Crippen molar-refractivity contribution in [3.8, 4) is 23.0 Å². The summed E-state index contributed by atoms with van der Waals surface area (Å²) in [6, 6.07) is 39.0. The van der Waals surface area contributed by atoms with Crippen LogP contribution in [0.5, 0.6) is 23.0 Å². The van der Waals surface area contributed by atoms with Gasteiger partial charge in [-0.1, -0.05) is 75.2 Å². The van der Waals surface area contributed by atoms with E-state index in [0.29, 0.717) is 48.9 Å². The third-order valence-corrected chi connectivity index (χ3v) is 14.3. The van der Waals surface area contributed by atoms with Gasteiger partial charge in [0.15, 0.2) is 5.75 Å². The van der Waals surface area contributed by atoms with Gasteiger partial charge in [0.05, 0.1) is 13.2 Å². The van der Waals surface area contributed by atoms with E-state index in [1.54, 1.807) is 6.08 Å². The lowest BCUT2D eigenvalue weighted by atomic mass is 9.76. The van der Waals surface area contributed by atoms with E-state index in [4.69, 9.17) is 24.0 Å². The Morgan fingerprint density at radius 3 is 1.65 bits per heavy atom. The molecular weight excluding hydrogens is 889 g/mol. The Kier molecular flexibility index (Phi) is 14.2. The summed E-state index contributed by atoms with van der Waals surface area (Å²) in [6.07, 6.45) is 16.3. The van der Waals surface area contributed by atoms with E-state index < -0.39 is 5.97 Å². The van der Waals surface area contributed by atoms with Crippen molar-refractivity contribution in [2.75, 3.05) is 42.7 Å². The molecule has 0 radical (unpaired) electrons. The highest BCUT2D eigenvalue weighted by Crippen LogP contribution is 2.57. The average Bonchev–Trinajstić information content (AvgIpc) is 4.21. The molecule has 0 saturated heterocycles. The molecule has 2 amide bonds. The molecule has 0 bridgehead atoms. The predicted molar refractivity (Wildman–Crippen MR) is 278 cm³/mol. The third kappa shape index (κ3) is 9.99. The molecule has 6 aromatic rings. The van der Waals surface area contributed by atoms with Crippen LogP contribution in [0.4, 0.5) is 11.4 Å². The van der Waals surface area contributed by atoms with Crippen LogP contribution >= 0.6 is 0 Å². The van der Waals surface area contributed by atoms with E-state index >= 15 is 0 Å². The fourth-order valence-electron chi connectivity index (χ4n) is 10.7. The molecule has 362 valence electrons. The molecule has 1 unspecified atom stereocenters. The lowest BCUT2D eigenvalue weighted by Gasteiger charge is -2.29. The molecule has 2 aliphatic carbocycles. The van der Waals surface area contributed by atoms with Gasteiger partial charge in [-0.3, -0.25) is 9.59 Å². The topological polar surface area (TPSA) is 104 Å². The molecule has 1 atom stereocenters. The molecule has 0 aromatic heterocycles. The maximum Gasteiger partial charge on any atom is 0.336 e. The fourth-order valence-corrected chi connectivity index (χ4v) is 10.7. The Labute approximate surface area is 416 Å². The summed E-state index contributed by atoms with van der Waals surface area (Å²) >= 11 is 0. The minimum atomic E-state index is -0.457. The highest BCUT2D eigenvalue weighted by atomic mass is 17.2. The van der Waals surface area contributed by atoms with Crippen molar-refractivity contribution in [2.24, 2.45) is 0 Å². The van der Waals surface area contributed by atoms with Gasteiger partial charge in [-0.2, -0.15) is 4.89 Å². The number of hydrogen-bond acceptors (Lipinski definition) is 8. The quantitative estimate of drug-likeness (QED) is 0.0210. The normalized spacial score (nSPS) is 16.4. The van der Waals surface area contributed by atoms with Crippen molar-refractivity contribution in [2.45, 2.75) is 83.5 Å². The summed E-state index contributed by atoms with van der Waals surface area (Å²) in [4.78, 5) is 56.3. The number of anilines is 2. The molecule has 10 rings (SSSR count). The zero-order valence-electron chi connectivity index (χ0n) is 40.6. The van der Waals surface area contributed by atoms with Crippen molar-refractivity contribution >= 4 is 41.3 Å². The van der Waals surface area contributed by atoms with E-state index in [9.17, 15) is 14.4 Å². The number of aryl methyl sites for hydroxylation is 2. The highest BCUT2D eigenvalue weighted by Gasteiger charge is 2.49. The number of hydrogen-bond donors (Lipinski definition) is 0. The Bertz CT molecular complexity index is 2990. The first-order valence-corrected chi connectivity index (χ1v) is 25.3. The Hall–Kier alpha value is -7.43. The van der Waals surface area contributed by atoms with Crippen LogP contribution in [0, 0.1) is 0 Å². The predicted octanol–water partition coefficient (Wildman–Crippen LogP) is 12.3. The molecule has 2 aliphatic heterocycles. The van der Waals surface area contributed by atoms with Crippen LogP contribution in [0.1, 0.15) is 118 Å². The summed E-state index contributed by atoms with van der Waals surface area (Å²) in [6.45, 7) is 7.05. The monoisotopic (exact) mass is 948 g/mol. The SMILES string of the molecule is CCCCOc1ccc(C(=O)N2CCc3cc(C=CC(=O)Oc4cccc5c4C4(CCc6cccc(OOC/C=C/c7ccc8c(c7)CCN8C(=O)c7ccc(OCCCC)cc7)c64)CC5)ccc32)cc1. The maximum absolute atomic E-state index is 13.6. The Balaban J connectivity index is 0.760. The number of ether oxygens (including phenoxy) is 3. The number of carbonyl (C=O) groups is 3. The van der Waals surface area contributed by atoms with Crippen LogP contribution in [0.3, 0.4) is 0 Å². The van der Waals surface area contributed by atoms with Crippen molar-refractivity contribution in [3.63, 3.8) is 0 Å². The molecule has 10 heteroatoms. The van der Waals surface area contributed by atoms with Crippen LogP contribution in [0.25, 0.3) is 12.2 Å². The zero-order valence-corrected chi connectivity index (χ0v) is 40.6. The summed E-state index contributed by atoms with van der Waals surface area (Å²) < 4.78 is 17.8. The number of unbranched alkanes of at least 4 members (excludes halogenated alkanes) is 2. The van der Waals surface area contributed by atoms with Gasteiger partial charge in [-0.25, -0.2) is 4.79 Å². The second-order valence-corrected chi connectivity index (χ2v) is 18.8. The van der Waals surface area contributed by atoms with E-state index in [0.717, 1.165) is 120 Å². The van der Waals surface area contributed by atoms with Gasteiger partial charge < -0.3 is 28.9 Å². The molecule has 0 saturated carbocycles. The van der Waals surface area contributed by atoms with Gasteiger partial charge in [0, 0.05) is 58.2 Å². The minimum Gasteiger partial charge on any atom is -0.494 e. The minimum absolute atomic E-state index is 0.0130. The molecule has 71 heavy (non-hydrogen) atoms. The van der Waals surface area contributed by atoms with Gasteiger partial charge in [-0.05, 0) is 176 Å². The van der Waals surface area contributed by atoms with E-state index in [-0.39, 0.29) is 23.8 Å². The molecule has 6 aromatic carbocycles. The molecule has 0 N–H and O–H groups in total. The molecule has 10 nitrogen and oxygen atoms in total. The van der Waals surface area contributed by atoms with Gasteiger partial charge in [-0.15, -0.1) is 0 Å². The van der Waals surface area contributed by atoms with Crippen LogP contribution in [0.2, 0.25) is 0 Å². The van der Waals surface area contributed by atoms with Crippen LogP contribution in [-0.4, -0.2) is 50.7 Å². The molecule has 0 fully saturated rings. The van der Waals surface area contributed by atoms with E-state index in [2.05, 4.69) is 32.0 Å². The largest absolute Gasteiger partial charge is 0.494 e. The zero-order chi connectivity index (χ0) is 48.7. The third-order valence-electron chi connectivity index (χ3n) is 14.3. The summed E-state index contributed by atoms with van der Waals surface area (Å²) in [5.41, 5.74) is 11.3. The Morgan fingerprint density at radius 2 is 1.10 bits per heavy atom. The van der Waals surface area contributed by atoms with E-state index in [1.165, 1.54) is 17.2 Å². The van der Waals surface area contributed by atoms with Crippen molar-refractivity contribution in [1.29, 1.82) is 0 Å². The summed E-state index contributed by atoms with van der Waals surface area (Å²) in [7, 11) is 0. The molecule has 1 spiro atoms. The first-order chi connectivity index (χ1) is 34.8. The number of nitrogens with zero attached hydrogens (tertiary/aromatic N) is 2. The number of amides is 2. The second kappa shape index (κ2) is 21.3. The smallest absolute Gasteiger partial charge is 0.336 e. The number of rotatable bonds is 18. The standard InChI is InChI=1S/C61H60N2O8/c1-3-5-37-67-50-22-18-46(19-23-50)59(65)62-35-31-48-40-42(15-26-52(48)62)10-9-39-69-71-55-14-8-12-45-30-34-61(58(45)55)33-29-44-11-7-13-54(57(44)61)70-56(64)28-17-43-16-27-53-49(41-43)32-36-63(53)60(66)47-20-24-51(25-21-47)68-38-6-4-2/h7-28,40-41H,3-6,29-39H2,1-2H3/b10-9+,28-17?. The highest BCUT2D eigenvalue weighted by molar-refractivity contribution is 6.08. The van der Waals surface area contributed by atoms with Gasteiger partial charge >= 0.3 is 5.97 Å². The first kappa shape index (κ1) is 47.3. The first-order valence-electron chi connectivity index (χ1n) is 25.3. The maximum atomic E-state index is 13.6. The fraction of sp³-hybridized carbons (Fsp3) is 0.295. The molecule has 2 heterocycles.